The fourth-order valence-electron chi connectivity index (χ4n) is 2.75. The molecular weight excluding hydrogens is 384 g/mol. The van der Waals surface area contributed by atoms with Crippen LogP contribution >= 0.6 is 35.4 Å². The number of methoxy groups -OCH3 is 1. The quantitative estimate of drug-likeness (QED) is 0.772. The van der Waals surface area contributed by atoms with Crippen molar-refractivity contribution in [2.24, 2.45) is 10.8 Å². The predicted molar refractivity (Wildman–Crippen MR) is 102 cm³/mol. The average molecular weight is 398 g/mol. The van der Waals surface area contributed by atoms with E-state index < -0.39 is 5.82 Å². The fourth-order valence-corrected chi connectivity index (χ4v) is 3.45. The summed E-state index contributed by atoms with van der Waals surface area (Å²) in [4.78, 5) is 0. The molecule has 8 heteroatoms. The van der Waals surface area contributed by atoms with Crippen LogP contribution in [-0.4, -0.2) is 22.9 Å². The lowest BCUT2D eigenvalue weighted by Gasteiger charge is -2.22. The number of nitrogens with two attached hydrogens (primary N) is 1. The molecule has 0 aromatic heterocycles. The molecule has 0 spiro atoms. The maximum absolute atomic E-state index is 14.0. The van der Waals surface area contributed by atoms with Gasteiger partial charge >= 0.3 is 0 Å². The van der Waals surface area contributed by atoms with Gasteiger partial charge < -0.3 is 10.5 Å². The first-order valence-corrected chi connectivity index (χ1v) is 8.52. The van der Waals surface area contributed by atoms with E-state index in [1.165, 1.54) is 18.2 Å². The van der Waals surface area contributed by atoms with Gasteiger partial charge in [-0.05, 0) is 48.1 Å². The van der Waals surface area contributed by atoms with E-state index in [0.717, 1.165) is 5.56 Å². The summed E-state index contributed by atoms with van der Waals surface area (Å²) in [6.07, 6.45) is 0.477. The minimum Gasteiger partial charge on any atom is -0.494 e. The van der Waals surface area contributed by atoms with E-state index in [2.05, 4.69) is 5.10 Å². The normalized spacial score (nSPS) is 16.7. The number of hydrogen-bond donors (Lipinski definition) is 1. The third-order valence-corrected chi connectivity index (χ3v) is 4.69. The summed E-state index contributed by atoms with van der Waals surface area (Å²) in [5.41, 5.74) is 7.90. The second-order valence-corrected chi connectivity index (χ2v) is 6.73. The van der Waals surface area contributed by atoms with Crippen LogP contribution in [0.3, 0.4) is 0 Å². The van der Waals surface area contributed by atoms with Gasteiger partial charge in [0.05, 0.1) is 18.9 Å². The maximum Gasteiger partial charge on any atom is 0.187 e. The Morgan fingerprint density at radius 1 is 1.32 bits per heavy atom. The molecule has 2 aromatic rings. The molecule has 0 amide bonds. The van der Waals surface area contributed by atoms with Crippen LogP contribution in [0.25, 0.3) is 0 Å². The topological polar surface area (TPSA) is 50.8 Å². The Morgan fingerprint density at radius 2 is 2.08 bits per heavy atom. The van der Waals surface area contributed by atoms with Crippen molar-refractivity contribution in [2.75, 3.05) is 7.11 Å². The lowest BCUT2D eigenvalue weighted by atomic mass is 9.98. The molecule has 25 heavy (non-hydrogen) atoms. The smallest absolute Gasteiger partial charge is 0.187 e. The number of hydrogen-bond acceptors (Lipinski definition) is 3. The van der Waals surface area contributed by atoms with Crippen LogP contribution in [-0.2, 0) is 0 Å². The molecule has 1 aliphatic heterocycles. The van der Waals surface area contributed by atoms with E-state index in [1.54, 1.807) is 24.3 Å². The van der Waals surface area contributed by atoms with Gasteiger partial charge in [0.1, 0.15) is 0 Å². The van der Waals surface area contributed by atoms with Crippen molar-refractivity contribution in [2.45, 2.75) is 12.5 Å². The Kier molecular flexibility index (Phi) is 5.13. The Balaban J connectivity index is 1.97. The van der Waals surface area contributed by atoms with Gasteiger partial charge in [0.25, 0.3) is 0 Å². The number of rotatable bonds is 3. The summed E-state index contributed by atoms with van der Waals surface area (Å²) in [7, 11) is 1.42. The molecule has 1 aliphatic rings. The van der Waals surface area contributed by atoms with Gasteiger partial charge in [-0.15, -0.1) is 0 Å². The molecule has 0 saturated carbocycles. The van der Waals surface area contributed by atoms with Gasteiger partial charge in [-0.3, -0.25) is 0 Å². The molecule has 1 heterocycles. The number of thiocarbonyl (C=S) groups is 1. The summed E-state index contributed by atoms with van der Waals surface area (Å²) in [6, 6.07) is 9.61. The van der Waals surface area contributed by atoms with E-state index in [4.69, 9.17) is 45.9 Å². The van der Waals surface area contributed by atoms with Crippen LogP contribution in [0.15, 0.2) is 41.5 Å². The molecule has 2 aromatic carbocycles. The lowest BCUT2D eigenvalue weighted by molar-refractivity contribution is 0.373. The third kappa shape index (κ3) is 3.56. The molecule has 0 unspecified atom stereocenters. The highest BCUT2D eigenvalue weighted by Gasteiger charge is 2.32. The van der Waals surface area contributed by atoms with Crippen LogP contribution in [0.1, 0.15) is 23.6 Å². The van der Waals surface area contributed by atoms with Crippen molar-refractivity contribution in [3.63, 3.8) is 0 Å². The van der Waals surface area contributed by atoms with E-state index in [9.17, 15) is 4.39 Å². The number of benzene rings is 2. The van der Waals surface area contributed by atoms with Crippen molar-refractivity contribution < 1.29 is 9.13 Å². The highest BCUT2D eigenvalue weighted by Crippen LogP contribution is 2.37. The van der Waals surface area contributed by atoms with Gasteiger partial charge in [0.15, 0.2) is 16.7 Å². The zero-order valence-corrected chi connectivity index (χ0v) is 15.5. The van der Waals surface area contributed by atoms with Gasteiger partial charge in [-0.1, -0.05) is 29.3 Å². The highest BCUT2D eigenvalue weighted by molar-refractivity contribution is 7.80. The van der Waals surface area contributed by atoms with Gasteiger partial charge in [0, 0.05) is 22.0 Å². The van der Waals surface area contributed by atoms with Crippen LogP contribution in [0.2, 0.25) is 10.0 Å². The van der Waals surface area contributed by atoms with E-state index in [0.29, 0.717) is 27.7 Å². The zero-order valence-electron chi connectivity index (χ0n) is 13.2. The van der Waals surface area contributed by atoms with Crippen molar-refractivity contribution in [1.29, 1.82) is 0 Å². The first kappa shape index (κ1) is 17.9. The zero-order chi connectivity index (χ0) is 18.1. The Bertz CT molecular complexity index is 875. The third-order valence-electron chi connectivity index (χ3n) is 3.94. The first-order valence-electron chi connectivity index (χ1n) is 7.35. The standard InChI is InChI=1S/C17H14Cl2FN3OS/c1-24-16-5-2-9(6-13(16)20)14-8-15(23(22-14)17(21)25)11-4-3-10(18)7-12(11)19/h2-7,15H,8H2,1H3,(H2,21,25)/t15-/m0/s1. The van der Waals surface area contributed by atoms with Crippen LogP contribution in [0, 0.1) is 5.82 Å². The minimum absolute atomic E-state index is 0.111. The average Bonchev–Trinajstić information content (AvgIpc) is 3.00. The fraction of sp³-hybridized carbons (Fsp3) is 0.176. The molecular formula is C17H14Cl2FN3OS. The molecule has 0 aliphatic carbocycles. The molecule has 0 saturated heterocycles. The minimum atomic E-state index is -0.461. The Hall–Kier alpha value is -1.89. The maximum atomic E-state index is 14.0. The van der Waals surface area contributed by atoms with E-state index >= 15 is 0 Å². The monoisotopic (exact) mass is 397 g/mol. The van der Waals surface area contributed by atoms with Crippen LogP contribution in [0.4, 0.5) is 4.39 Å². The first-order chi connectivity index (χ1) is 11.9. The van der Waals surface area contributed by atoms with E-state index in [1.807, 2.05) is 6.07 Å². The molecule has 0 radical (unpaired) electrons. The second-order valence-electron chi connectivity index (χ2n) is 5.46. The summed E-state index contributed by atoms with van der Waals surface area (Å²) < 4.78 is 19.0. The van der Waals surface area contributed by atoms with Crippen molar-refractivity contribution in [1.82, 2.24) is 5.01 Å². The highest BCUT2D eigenvalue weighted by atomic mass is 35.5. The Morgan fingerprint density at radius 3 is 2.68 bits per heavy atom. The SMILES string of the molecule is COc1ccc(C2=NN(C(N)=S)[C@H](c3ccc(Cl)cc3Cl)C2)cc1F. The molecule has 1 atom stereocenters. The molecule has 2 N–H and O–H groups in total. The van der Waals surface area contributed by atoms with Crippen LogP contribution < -0.4 is 10.5 Å². The molecule has 4 nitrogen and oxygen atoms in total. The van der Waals surface area contributed by atoms with Gasteiger partial charge in [-0.2, -0.15) is 5.10 Å². The number of hydrazone groups is 1. The van der Waals surface area contributed by atoms with Gasteiger partial charge in [0.2, 0.25) is 0 Å². The Labute approximate surface area is 160 Å². The second kappa shape index (κ2) is 7.15. The molecule has 130 valence electrons. The molecule has 0 bridgehead atoms. The predicted octanol–water partition coefficient (Wildman–Crippen LogP) is 4.54. The van der Waals surface area contributed by atoms with Crippen LogP contribution in [0.5, 0.6) is 5.75 Å². The van der Waals surface area contributed by atoms with Crippen molar-refractivity contribution in [3.8, 4) is 5.75 Å². The summed E-state index contributed by atoms with van der Waals surface area (Å²) >= 11 is 17.4. The number of ether oxygens (including phenoxy) is 1. The number of nitrogens with zero attached hydrogens (tertiary/aromatic N) is 2. The lowest BCUT2D eigenvalue weighted by Crippen LogP contribution is -2.31. The summed E-state index contributed by atoms with van der Waals surface area (Å²) in [6.45, 7) is 0. The summed E-state index contributed by atoms with van der Waals surface area (Å²) in [5, 5.41) is 7.12. The number of halogens is 3. The largest absolute Gasteiger partial charge is 0.494 e. The van der Waals surface area contributed by atoms with E-state index in [-0.39, 0.29) is 16.9 Å². The molecule has 0 fully saturated rings. The summed E-state index contributed by atoms with van der Waals surface area (Å²) in [5.74, 6) is -0.289. The van der Waals surface area contributed by atoms with Crippen molar-refractivity contribution in [3.05, 3.63) is 63.4 Å². The van der Waals surface area contributed by atoms with Gasteiger partial charge in [-0.25, -0.2) is 9.40 Å². The van der Waals surface area contributed by atoms with Crippen molar-refractivity contribution >= 4 is 46.2 Å². The molecule has 3 rings (SSSR count).